The van der Waals surface area contributed by atoms with E-state index in [9.17, 15) is 17.2 Å². The van der Waals surface area contributed by atoms with Crippen molar-refractivity contribution in [2.45, 2.75) is 23.6 Å². The Balaban J connectivity index is 2.83. The summed E-state index contributed by atoms with van der Waals surface area (Å²) in [5.74, 6) is -2.01. The maximum atomic E-state index is 13.0. The maximum absolute atomic E-state index is 13.0. The van der Waals surface area contributed by atoms with Crippen molar-refractivity contribution in [3.8, 4) is 0 Å². The highest BCUT2D eigenvalue weighted by atomic mass is 79.9. The van der Waals surface area contributed by atoms with Crippen LogP contribution < -0.4 is 4.72 Å². The minimum atomic E-state index is -3.81. The number of hydrogen-bond donors (Lipinski definition) is 1. The van der Waals surface area contributed by atoms with Gasteiger partial charge in [-0.25, -0.2) is 21.9 Å². The van der Waals surface area contributed by atoms with Crippen molar-refractivity contribution in [1.29, 1.82) is 0 Å². The molecule has 102 valence electrons. The molecule has 1 unspecified atom stereocenters. The second-order valence-electron chi connectivity index (χ2n) is 4.19. The lowest BCUT2D eigenvalue weighted by molar-refractivity contribution is 0.504. The monoisotopic (exact) mass is 341 g/mol. The van der Waals surface area contributed by atoms with Crippen molar-refractivity contribution in [1.82, 2.24) is 4.72 Å². The van der Waals surface area contributed by atoms with Gasteiger partial charge in [-0.05, 0) is 24.1 Å². The third-order valence-electron chi connectivity index (χ3n) is 2.39. The summed E-state index contributed by atoms with van der Waals surface area (Å²) in [6.07, 6.45) is 0. The number of benzene rings is 1. The van der Waals surface area contributed by atoms with E-state index >= 15 is 0 Å². The first-order valence-corrected chi connectivity index (χ1v) is 7.72. The third-order valence-corrected chi connectivity index (χ3v) is 5.20. The van der Waals surface area contributed by atoms with E-state index in [4.69, 9.17) is 0 Å². The van der Waals surface area contributed by atoms with Crippen molar-refractivity contribution in [3.63, 3.8) is 0 Å². The molecule has 1 atom stereocenters. The molecule has 0 aliphatic rings. The second kappa shape index (κ2) is 6.08. The van der Waals surface area contributed by atoms with Crippen LogP contribution in [0.1, 0.15) is 13.8 Å². The van der Waals surface area contributed by atoms with Gasteiger partial charge in [0.2, 0.25) is 10.0 Å². The van der Waals surface area contributed by atoms with Gasteiger partial charge in [-0.2, -0.15) is 0 Å². The zero-order valence-electron chi connectivity index (χ0n) is 9.95. The van der Waals surface area contributed by atoms with E-state index < -0.39 is 21.7 Å². The lowest BCUT2D eigenvalue weighted by Gasteiger charge is -2.14. The summed E-state index contributed by atoms with van der Waals surface area (Å²) in [5.41, 5.74) is 0. The molecular formula is C11H14BrF2NO2S. The Morgan fingerprint density at radius 2 is 1.89 bits per heavy atom. The Kier molecular flexibility index (Phi) is 5.24. The van der Waals surface area contributed by atoms with Gasteiger partial charge < -0.3 is 0 Å². The Labute approximate surface area is 114 Å². The summed E-state index contributed by atoms with van der Waals surface area (Å²) in [7, 11) is -3.81. The molecule has 0 amide bonds. The Bertz CT molecular complexity index is 520. The van der Waals surface area contributed by atoms with E-state index in [-0.39, 0.29) is 22.2 Å². The highest BCUT2D eigenvalue weighted by Gasteiger charge is 2.18. The Morgan fingerprint density at radius 3 is 2.39 bits per heavy atom. The first kappa shape index (κ1) is 15.5. The van der Waals surface area contributed by atoms with Crippen LogP contribution in [0.15, 0.2) is 23.1 Å². The molecule has 3 nitrogen and oxygen atoms in total. The fraction of sp³-hybridized carbons (Fsp3) is 0.455. The van der Waals surface area contributed by atoms with Gasteiger partial charge in [0, 0.05) is 11.4 Å². The molecule has 1 aromatic rings. The second-order valence-corrected chi connectivity index (χ2v) is 7.13. The molecule has 0 saturated heterocycles. The molecule has 0 bridgehead atoms. The zero-order valence-corrected chi connectivity index (χ0v) is 12.4. The normalized spacial score (nSPS) is 13.9. The molecule has 7 heteroatoms. The van der Waals surface area contributed by atoms with Crippen molar-refractivity contribution in [3.05, 3.63) is 29.8 Å². The number of halogens is 3. The molecule has 1 rings (SSSR count). The van der Waals surface area contributed by atoms with Crippen LogP contribution in [0, 0.1) is 17.6 Å². The predicted molar refractivity (Wildman–Crippen MR) is 69.1 cm³/mol. The van der Waals surface area contributed by atoms with Gasteiger partial charge in [0.1, 0.15) is 0 Å². The largest absolute Gasteiger partial charge is 0.240 e. The summed E-state index contributed by atoms with van der Waals surface area (Å²) in [6, 6.07) is 2.48. The van der Waals surface area contributed by atoms with Crippen LogP contribution in [-0.4, -0.2) is 19.8 Å². The lowest BCUT2D eigenvalue weighted by Crippen LogP contribution is -2.31. The molecular weight excluding hydrogens is 328 g/mol. The van der Waals surface area contributed by atoms with Crippen molar-refractivity contribution in [2.75, 3.05) is 6.54 Å². The lowest BCUT2D eigenvalue weighted by atomic mass is 10.1. The summed E-state index contributed by atoms with van der Waals surface area (Å²) >= 11 is 3.33. The average Bonchev–Trinajstić information content (AvgIpc) is 2.29. The van der Waals surface area contributed by atoms with Gasteiger partial charge in [0.25, 0.3) is 0 Å². The molecule has 0 heterocycles. The standard InChI is InChI=1S/C11H14BrF2NO2S/c1-7(2)9(12)6-15-18(16,17)8-3-4-10(13)11(14)5-8/h3-5,7,9,15H,6H2,1-2H3. The van der Waals surface area contributed by atoms with Gasteiger partial charge in [0.15, 0.2) is 11.6 Å². The molecule has 1 aromatic carbocycles. The highest BCUT2D eigenvalue weighted by Crippen LogP contribution is 2.15. The first-order valence-electron chi connectivity index (χ1n) is 5.33. The number of alkyl halides is 1. The van der Waals surface area contributed by atoms with E-state index in [0.717, 1.165) is 12.1 Å². The fourth-order valence-electron chi connectivity index (χ4n) is 1.15. The Hall–Kier alpha value is -0.530. The molecule has 0 radical (unpaired) electrons. The number of rotatable bonds is 5. The quantitative estimate of drug-likeness (QED) is 0.837. The number of nitrogens with one attached hydrogen (secondary N) is 1. The maximum Gasteiger partial charge on any atom is 0.240 e. The number of sulfonamides is 1. The average molecular weight is 342 g/mol. The summed E-state index contributed by atoms with van der Waals surface area (Å²) in [4.78, 5) is -0.317. The summed E-state index contributed by atoms with van der Waals surface area (Å²) in [6.45, 7) is 4.05. The van der Waals surface area contributed by atoms with Gasteiger partial charge in [-0.15, -0.1) is 0 Å². The van der Waals surface area contributed by atoms with E-state index in [1.54, 1.807) is 0 Å². The van der Waals surface area contributed by atoms with Crippen LogP contribution in [-0.2, 0) is 10.0 Å². The van der Waals surface area contributed by atoms with E-state index in [0.29, 0.717) is 6.07 Å². The fourth-order valence-corrected chi connectivity index (χ4v) is 2.60. The molecule has 0 aliphatic heterocycles. The molecule has 0 aromatic heterocycles. The van der Waals surface area contributed by atoms with E-state index in [2.05, 4.69) is 20.7 Å². The van der Waals surface area contributed by atoms with Crippen LogP contribution in [0.25, 0.3) is 0 Å². The minimum absolute atomic E-state index is 0.0300. The van der Waals surface area contributed by atoms with Gasteiger partial charge in [-0.3, -0.25) is 0 Å². The van der Waals surface area contributed by atoms with Gasteiger partial charge in [0.05, 0.1) is 4.90 Å². The van der Waals surface area contributed by atoms with Crippen molar-refractivity contribution >= 4 is 26.0 Å². The minimum Gasteiger partial charge on any atom is -0.210 e. The molecule has 0 saturated carbocycles. The smallest absolute Gasteiger partial charge is 0.210 e. The van der Waals surface area contributed by atoms with Crippen molar-refractivity contribution in [2.24, 2.45) is 5.92 Å². The topological polar surface area (TPSA) is 46.2 Å². The zero-order chi connectivity index (χ0) is 13.9. The molecule has 0 fully saturated rings. The van der Waals surface area contributed by atoms with E-state index in [1.807, 2.05) is 13.8 Å². The van der Waals surface area contributed by atoms with E-state index in [1.165, 1.54) is 0 Å². The molecule has 1 N–H and O–H groups in total. The number of hydrogen-bond acceptors (Lipinski definition) is 2. The predicted octanol–water partition coefficient (Wildman–Crippen LogP) is 2.66. The van der Waals surface area contributed by atoms with Gasteiger partial charge in [-0.1, -0.05) is 29.8 Å². The van der Waals surface area contributed by atoms with Crippen LogP contribution in [0.2, 0.25) is 0 Å². The van der Waals surface area contributed by atoms with Crippen LogP contribution in [0.4, 0.5) is 8.78 Å². The van der Waals surface area contributed by atoms with Crippen LogP contribution >= 0.6 is 15.9 Å². The molecule has 0 spiro atoms. The summed E-state index contributed by atoms with van der Waals surface area (Å²) < 4.78 is 51.6. The SMILES string of the molecule is CC(C)C(Br)CNS(=O)(=O)c1ccc(F)c(F)c1. The molecule has 0 aliphatic carbocycles. The Morgan fingerprint density at radius 1 is 1.28 bits per heavy atom. The van der Waals surface area contributed by atoms with Crippen LogP contribution in [0.3, 0.4) is 0 Å². The van der Waals surface area contributed by atoms with Gasteiger partial charge >= 0.3 is 0 Å². The molecule has 18 heavy (non-hydrogen) atoms. The highest BCUT2D eigenvalue weighted by molar-refractivity contribution is 9.09. The van der Waals surface area contributed by atoms with Crippen molar-refractivity contribution < 1.29 is 17.2 Å². The summed E-state index contributed by atoms with van der Waals surface area (Å²) in [5, 5.41) is 0. The third kappa shape index (κ3) is 4.00. The van der Waals surface area contributed by atoms with Crippen LogP contribution in [0.5, 0.6) is 0 Å². The first-order chi connectivity index (χ1) is 8.24.